The Hall–Kier alpha value is -3.06. The zero-order valence-electron chi connectivity index (χ0n) is 16.2. The minimum atomic E-state index is -3.75. The van der Waals surface area contributed by atoms with Crippen molar-refractivity contribution in [3.63, 3.8) is 0 Å². The Balaban J connectivity index is 1.98. The van der Waals surface area contributed by atoms with Gasteiger partial charge in [0.25, 0.3) is 5.56 Å². The van der Waals surface area contributed by atoms with Crippen molar-refractivity contribution >= 4 is 32.1 Å². The molecule has 1 aliphatic heterocycles. The third-order valence-corrected chi connectivity index (χ3v) is 6.60. The molecule has 150 valence electrons. The zero-order valence-corrected chi connectivity index (χ0v) is 17.0. The molecule has 3 aromatic rings. The number of anilines is 1. The number of aryl methyl sites for hydroxylation is 1. The van der Waals surface area contributed by atoms with E-state index >= 15 is 0 Å². The van der Waals surface area contributed by atoms with Gasteiger partial charge in [0.05, 0.1) is 27.2 Å². The van der Waals surface area contributed by atoms with Crippen molar-refractivity contribution in [2.45, 2.75) is 31.7 Å². The molecule has 7 heteroatoms. The van der Waals surface area contributed by atoms with Crippen molar-refractivity contribution in [3.05, 3.63) is 69.9 Å². The van der Waals surface area contributed by atoms with Crippen LogP contribution < -0.4 is 10.9 Å². The Bertz CT molecular complexity index is 1300. The molecule has 6 nitrogen and oxygen atoms in total. The highest BCUT2D eigenvalue weighted by Crippen LogP contribution is 2.36. The van der Waals surface area contributed by atoms with E-state index < -0.39 is 15.4 Å². The molecule has 0 saturated heterocycles. The molecule has 0 saturated carbocycles. The summed E-state index contributed by atoms with van der Waals surface area (Å²) >= 11 is 0. The van der Waals surface area contributed by atoms with Crippen LogP contribution in [0.15, 0.2) is 63.6 Å². The number of pyridine rings is 1. The van der Waals surface area contributed by atoms with Crippen molar-refractivity contribution in [2.24, 2.45) is 5.92 Å². The summed E-state index contributed by atoms with van der Waals surface area (Å²) in [5.41, 5.74) is 0.626. The maximum atomic E-state index is 13.4. The SMILES string of the molecule is CC(C)CCn1c(=O)c(C2=CS(=O)(=O)c3ccccc3N2)c(O)c2ccccc21. The first-order valence-corrected chi connectivity index (χ1v) is 11.0. The van der Waals surface area contributed by atoms with Crippen molar-refractivity contribution in [1.82, 2.24) is 4.57 Å². The highest BCUT2D eigenvalue weighted by atomic mass is 32.2. The predicted molar refractivity (Wildman–Crippen MR) is 115 cm³/mol. The van der Waals surface area contributed by atoms with E-state index in [1.54, 1.807) is 41.0 Å². The highest BCUT2D eigenvalue weighted by Gasteiger charge is 2.28. The van der Waals surface area contributed by atoms with Crippen LogP contribution >= 0.6 is 0 Å². The number of hydrogen-bond donors (Lipinski definition) is 2. The van der Waals surface area contributed by atoms with E-state index in [1.807, 2.05) is 6.07 Å². The standard InChI is InChI=1S/C22H22N2O4S/c1-14(2)11-12-24-18-9-5-3-7-15(18)21(25)20(22(24)26)17-13-29(27,28)19-10-6-4-8-16(19)23-17/h3-10,13-14,23,25H,11-12H2,1-2H3. The molecule has 2 aromatic carbocycles. The van der Waals surface area contributed by atoms with Crippen LogP contribution in [0.1, 0.15) is 25.8 Å². The Morgan fingerprint density at radius 3 is 2.52 bits per heavy atom. The van der Waals surface area contributed by atoms with Gasteiger partial charge < -0.3 is 15.0 Å². The van der Waals surface area contributed by atoms with Crippen LogP contribution in [0.25, 0.3) is 16.6 Å². The normalized spacial score (nSPS) is 15.1. The number of nitrogens with one attached hydrogen (secondary N) is 1. The van der Waals surface area contributed by atoms with Crippen LogP contribution in [0.2, 0.25) is 0 Å². The molecule has 2 heterocycles. The fourth-order valence-corrected chi connectivity index (χ4v) is 4.88. The Labute approximate surface area is 169 Å². The van der Waals surface area contributed by atoms with E-state index in [0.29, 0.717) is 29.1 Å². The monoisotopic (exact) mass is 410 g/mol. The topological polar surface area (TPSA) is 88.4 Å². The Morgan fingerprint density at radius 1 is 1.07 bits per heavy atom. The summed E-state index contributed by atoms with van der Waals surface area (Å²) < 4.78 is 27.1. The van der Waals surface area contributed by atoms with Gasteiger partial charge in [-0.1, -0.05) is 38.1 Å². The molecule has 1 aromatic heterocycles. The first kappa shape index (κ1) is 19.3. The summed E-state index contributed by atoms with van der Waals surface area (Å²) in [6.07, 6.45) is 0.779. The van der Waals surface area contributed by atoms with E-state index in [-0.39, 0.29) is 21.9 Å². The maximum Gasteiger partial charge on any atom is 0.264 e. The first-order valence-electron chi connectivity index (χ1n) is 9.47. The molecule has 29 heavy (non-hydrogen) atoms. The lowest BCUT2D eigenvalue weighted by atomic mass is 10.1. The van der Waals surface area contributed by atoms with E-state index in [9.17, 15) is 18.3 Å². The van der Waals surface area contributed by atoms with Gasteiger partial charge in [0.15, 0.2) is 0 Å². The third kappa shape index (κ3) is 3.31. The number of para-hydroxylation sites is 2. The second-order valence-electron chi connectivity index (χ2n) is 7.58. The first-order chi connectivity index (χ1) is 13.8. The van der Waals surface area contributed by atoms with E-state index in [0.717, 1.165) is 11.8 Å². The number of rotatable bonds is 4. The molecular weight excluding hydrogens is 388 g/mol. The van der Waals surface area contributed by atoms with Crippen molar-refractivity contribution in [1.29, 1.82) is 0 Å². The van der Waals surface area contributed by atoms with Crippen LogP contribution in [-0.4, -0.2) is 18.1 Å². The van der Waals surface area contributed by atoms with E-state index in [2.05, 4.69) is 19.2 Å². The van der Waals surface area contributed by atoms with Crippen molar-refractivity contribution in [2.75, 3.05) is 5.32 Å². The van der Waals surface area contributed by atoms with Crippen molar-refractivity contribution in [3.8, 4) is 5.75 Å². The van der Waals surface area contributed by atoms with Crippen molar-refractivity contribution < 1.29 is 13.5 Å². The lowest BCUT2D eigenvalue weighted by molar-refractivity contribution is 0.473. The number of fused-ring (bicyclic) bond motifs is 2. The average Bonchev–Trinajstić information content (AvgIpc) is 2.67. The number of hydrogen-bond acceptors (Lipinski definition) is 5. The lowest BCUT2D eigenvalue weighted by Gasteiger charge is -2.22. The second kappa shape index (κ2) is 7.08. The number of aromatic nitrogens is 1. The number of sulfone groups is 1. The quantitative estimate of drug-likeness (QED) is 0.680. The Morgan fingerprint density at radius 2 is 1.76 bits per heavy atom. The minimum Gasteiger partial charge on any atom is -0.506 e. The van der Waals surface area contributed by atoms with Gasteiger partial charge in [-0.2, -0.15) is 0 Å². The van der Waals surface area contributed by atoms with E-state index in [1.165, 1.54) is 6.07 Å². The summed E-state index contributed by atoms with van der Waals surface area (Å²) in [6, 6.07) is 13.6. The molecule has 0 atom stereocenters. The van der Waals surface area contributed by atoms with Crippen LogP contribution in [0, 0.1) is 5.92 Å². The van der Waals surface area contributed by atoms with Gasteiger partial charge in [0.1, 0.15) is 11.3 Å². The molecule has 1 aliphatic rings. The van der Waals surface area contributed by atoms with Gasteiger partial charge in [-0.25, -0.2) is 8.42 Å². The van der Waals surface area contributed by atoms with Gasteiger partial charge in [-0.05, 0) is 36.6 Å². The molecule has 0 radical (unpaired) electrons. The largest absolute Gasteiger partial charge is 0.506 e. The van der Waals surface area contributed by atoms with Gasteiger partial charge in [-0.15, -0.1) is 0 Å². The summed E-state index contributed by atoms with van der Waals surface area (Å²) in [7, 11) is -3.75. The number of aromatic hydroxyl groups is 1. The van der Waals surface area contributed by atoms with Crippen LogP contribution in [0.5, 0.6) is 5.75 Å². The molecule has 0 fully saturated rings. The smallest absolute Gasteiger partial charge is 0.264 e. The fraction of sp³-hybridized carbons (Fsp3) is 0.227. The highest BCUT2D eigenvalue weighted by molar-refractivity contribution is 7.94. The van der Waals surface area contributed by atoms with Crippen LogP contribution in [0.3, 0.4) is 0 Å². The fourth-order valence-electron chi connectivity index (χ4n) is 3.57. The molecule has 4 rings (SSSR count). The molecule has 0 amide bonds. The summed E-state index contributed by atoms with van der Waals surface area (Å²) in [6.45, 7) is 4.62. The molecule has 0 bridgehead atoms. The van der Waals surface area contributed by atoms with Crippen LogP contribution in [-0.2, 0) is 16.4 Å². The van der Waals surface area contributed by atoms with Gasteiger partial charge in [0, 0.05) is 11.9 Å². The molecule has 2 N–H and O–H groups in total. The maximum absolute atomic E-state index is 13.4. The number of nitrogens with zero attached hydrogens (tertiary/aromatic N) is 1. The average molecular weight is 410 g/mol. The molecule has 0 spiro atoms. The van der Waals surface area contributed by atoms with Gasteiger partial charge in [-0.3, -0.25) is 4.79 Å². The lowest BCUT2D eigenvalue weighted by Crippen LogP contribution is -2.27. The molecule has 0 aliphatic carbocycles. The Kier molecular flexibility index (Phi) is 4.70. The van der Waals surface area contributed by atoms with Gasteiger partial charge in [0.2, 0.25) is 9.84 Å². The second-order valence-corrected chi connectivity index (χ2v) is 9.34. The minimum absolute atomic E-state index is 0.0365. The molecule has 0 unspecified atom stereocenters. The van der Waals surface area contributed by atoms with Crippen LogP contribution in [0.4, 0.5) is 5.69 Å². The van der Waals surface area contributed by atoms with E-state index in [4.69, 9.17) is 0 Å². The summed E-state index contributed by atoms with van der Waals surface area (Å²) in [4.78, 5) is 13.5. The zero-order chi connectivity index (χ0) is 20.8. The number of benzene rings is 2. The summed E-state index contributed by atoms with van der Waals surface area (Å²) in [5, 5.41) is 15.5. The van der Waals surface area contributed by atoms with Gasteiger partial charge >= 0.3 is 0 Å². The summed E-state index contributed by atoms with van der Waals surface area (Å²) in [5.74, 6) is 0.164. The third-order valence-electron chi connectivity index (χ3n) is 5.08. The predicted octanol–water partition coefficient (Wildman–Crippen LogP) is 3.95. The molecular formula is C22H22N2O4S.